The van der Waals surface area contributed by atoms with Crippen molar-refractivity contribution in [2.45, 2.75) is 12.8 Å². The number of rotatable bonds is 11. The van der Waals surface area contributed by atoms with E-state index < -0.39 is 0 Å². The highest BCUT2D eigenvalue weighted by molar-refractivity contribution is 5.82. The normalized spacial score (nSPS) is 12.1. The van der Waals surface area contributed by atoms with Gasteiger partial charge in [0.2, 0.25) is 0 Å². The van der Waals surface area contributed by atoms with Gasteiger partial charge < -0.3 is 9.80 Å². The van der Waals surface area contributed by atoms with Gasteiger partial charge in [0.05, 0.1) is 0 Å². The maximum Gasteiger partial charge on any atom is 0.0462 e. The molecule has 62 heavy (non-hydrogen) atoms. The van der Waals surface area contributed by atoms with Crippen molar-refractivity contribution in [3.8, 4) is 55.6 Å². The largest absolute Gasteiger partial charge is 0.311 e. The first kappa shape index (κ1) is 38.3. The first-order valence-corrected chi connectivity index (χ1v) is 21.5. The SMILES string of the molecule is C1=CC(N(c2ccc(-c3ccccc3)cc2)c2ccc(-c3cccc(-c4cccc(-c5ccc(N(c6ccccc6)c6ccc(-c7ccccc7)cc6)cc5)c4)c3)cc2)=CCC1. The quantitative estimate of drug-likeness (QED) is 0.129. The molecule has 0 radical (unpaired) electrons. The van der Waals surface area contributed by atoms with Crippen LogP contribution in [0.2, 0.25) is 0 Å². The number of hydrogen-bond acceptors (Lipinski definition) is 2. The first-order valence-electron chi connectivity index (χ1n) is 21.5. The Bertz CT molecular complexity index is 2950. The van der Waals surface area contributed by atoms with Crippen molar-refractivity contribution in [2.75, 3.05) is 9.80 Å². The molecule has 0 aliphatic heterocycles. The van der Waals surface area contributed by atoms with Crippen molar-refractivity contribution in [3.63, 3.8) is 0 Å². The van der Waals surface area contributed by atoms with Crippen molar-refractivity contribution >= 4 is 28.4 Å². The molecule has 296 valence electrons. The fourth-order valence-corrected chi connectivity index (χ4v) is 8.47. The first-order chi connectivity index (χ1) is 30.7. The predicted octanol–water partition coefficient (Wildman–Crippen LogP) is 16.9. The van der Waals surface area contributed by atoms with E-state index in [0.717, 1.165) is 41.3 Å². The molecule has 0 N–H and O–H groups in total. The Labute approximate surface area is 365 Å². The van der Waals surface area contributed by atoms with Gasteiger partial charge in [0.15, 0.2) is 0 Å². The summed E-state index contributed by atoms with van der Waals surface area (Å²) in [5.74, 6) is 0. The van der Waals surface area contributed by atoms with Crippen LogP contribution in [0, 0.1) is 0 Å². The third-order valence-electron chi connectivity index (χ3n) is 11.7. The topological polar surface area (TPSA) is 6.48 Å². The molecule has 0 fully saturated rings. The summed E-state index contributed by atoms with van der Waals surface area (Å²) in [4.78, 5) is 4.68. The van der Waals surface area contributed by atoms with E-state index >= 15 is 0 Å². The van der Waals surface area contributed by atoms with Gasteiger partial charge in [0.1, 0.15) is 0 Å². The minimum Gasteiger partial charge on any atom is -0.311 e. The van der Waals surface area contributed by atoms with E-state index in [0.29, 0.717) is 0 Å². The number of para-hydroxylation sites is 1. The lowest BCUT2D eigenvalue weighted by atomic mass is 9.96. The maximum absolute atomic E-state index is 2.37. The highest BCUT2D eigenvalue weighted by Crippen LogP contribution is 2.39. The third kappa shape index (κ3) is 8.28. The maximum atomic E-state index is 2.37. The molecule has 0 aromatic heterocycles. The van der Waals surface area contributed by atoms with E-state index in [2.05, 4.69) is 265 Å². The van der Waals surface area contributed by atoms with Crippen LogP contribution >= 0.6 is 0 Å². The van der Waals surface area contributed by atoms with Crippen molar-refractivity contribution in [1.82, 2.24) is 0 Å². The van der Waals surface area contributed by atoms with Crippen molar-refractivity contribution in [1.29, 1.82) is 0 Å². The Morgan fingerprint density at radius 3 is 0.935 bits per heavy atom. The summed E-state index contributed by atoms with van der Waals surface area (Å²) in [6.07, 6.45) is 8.99. The van der Waals surface area contributed by atoms with Crippen LogP contribution in [0.1, 0.15) is 12.8 Å². The van der Waals surface area contributed by atoms with Gasteiger partial charge in [-0.25, -0.2) is 0 Å². The standard InChI is InChI=1S/C60H46N2/c1-5-15-45(16-6-1)47-27-35-57(36-28-47)61(55-23-9-3-10-24-55)59-39-31-49(32-40-59)51-19-13-21-53(43-51)54-22-14-20-52(44-54)50-33-41-60(42-34-50)62(56-25-11-4-12-26-56)58-37-29-48(30-38-58)46-17-7-2-8-18-46/h1-3,5-11,13-44H,4,12H2. The monoisotopic (exact) mass is 794 g/mol. The van der Waals surface area contributed by atoms with Crippen LogP contribution in [0.3, 0.4) is 0 Å². The van der Waals surface area contributed by atoms with Crippen molar-refractivity contribution in [3.05, 3.63) is 261 Å². The van der Waals surface area contributed by atoms with Gasteiger partial charge in [-0.05, 0) is 147 Å². The molecular formula is C60H46N2. The van der Waals surface area contributed by atoms with Crippen LogP contribution in [0.4, 0.5) is 28.4 Å². The Morgan fingerprint density at radius 2 is 0.548 bits per heavy atom. The summed E-state index contributed by atoms with van der Waals surface area (Å²) in [5.41, 5.74) is 18.8. The van der Waals surface area contributed by atoms with Gasteiger partial charge in [-0.1, -0.05) is 176 Å². The number of allylic oxidation sites excluding steroid dienone is 3. The van der Waals surface area contributed by atoms with Crippen LogP contribution in [0.15, 0.2) is 261 Å². The van der Waals surface area contributed by atoms with Crippen molar-refractivity contribution < 1.29 is 0 Å². The highest BCUT2D eigenvalue weighted by atomic mass is 15.1. The van der Waals surface area contributed by atoms with Gasteiger partial charge in [-0.3, -0.25) is 0 Å². The van der Waals surface area contributed by atoms with Crippen LogP contribution in [-0.4, -0.2) is 0 Å². The summed E-state index contributed by atoms with van der Waals surface area (Å²) < 4.78 is 0. The van der Waals surface area contributed by atoms with Crippen LogP contribution in [0.5, 0.6) is 0 Å². The average molecular weight is 795 g/mol. The summed E-state index contributed by atoms with van der Waals surface area (Å²) >= 11 is 0. The summed E-state index contributed by atoms with van der Waals surface area (Å²) in [6.45, 7) is 0. The van der Waals surface area contributed by atoms with Gasteiger partial charge in [0.25, 0.3) is 0 Å². The zero-order chi connectivity index (χ0) is 41.5. The second kappa shape index (κ2) is 17.7. The van der Waals surface area contributed by atoms with Crippen LogP contribution in [-0.2, 0) is 0 Å². The lowest BCUT2D eigenvalue weighted by molar-refractivity contribution is 0.997. The van der Waals surface area contributed by atoms with Crippen molar-refractivity contribution in [2.24, 2.45) is 0 Å². The van der Waals surface area contributed by atoms with E-state index in [-0.39, 0.29) is 0 Å². The smallest absolute Gasteiger partial charge is 0.0462 e. The fourth-order valence-electron chi connectivity index (χ4n) is 8.47. The molecule has 0 bridgehead atoms. The van der Waals surface area contributed by atoms with E-state index in [1.165, 1.54) is 61.3 Å². The minimum absolute atomic E-state index is 1.04. The molecule has 9 aromatic rings. The Kier molecular flexibility index (Phi) is 10.9. The third-order valence-corrected chi connectivity index (χ3v) is 11.7. The van der Waals surface area contributed by atoms with E-state index in [1.807, 2.05) is 0 Å². The number of benzene rings is 9. The molecule has 0 saturated carbocycles. The van der Waals surface area contributed by atoms with Gasteiger partial charge in [-0.2, -0.15) is 0 Å². The highest BCUT2D eigenvalue weighted by Gasteiger charge is 2.16. The summed E-state index contributed by atoms with van der Waals surface area (Å²) in [5, 5.41) is 0. The molecule has 0 heterocycles. The minimum atomic E-state index is 1.04. The second-order valence-electron chi connectivity index (χ2n) is 15.7. The van der Waals surface area contributed by atoms with Crippen LogP contribution in [0.25, 0.3) is 55.6 Å². The van der Waals surface area contributed by atoms with Gasteiger partial charge >= 0.3 is 0 Å². The van der Waals surface area contributed by atoms with E-state index in [1.54, 1.807) is 0 Å². The predicted molar refractivity (Wildman–Crippen MR) is 263 cm³/mol. The Balaban J connectivity index is 0.896. The fraction of sp³-hybridized carbons (Fsp3) is 0.0333. The zero-order valence-electron chi connectivity index (χ0n) is 34.6. The number of hydrogen-bond donors (Lipinski definition) is 0. The molecule has 0 unspecified atom stereocenters. The molecule has 0 amide bonds. The number of anilines is 5. The number of nitrogens with zero attached hydrogens (tertiary/aromatic N) is 2. The van der Waals surface area contributed by atoms with E-state index in [4.69, 9.17) is 0 Å². The van der Waals surface area contributed by atoms with E-state index in [9.17, 15) is 0 Å². The summed E-state index contributed by atoms with van der Waals surface area (Å²) in [6, 6.07) is 85.2. The lowest BCUT2D eigenvalue weighted by Gasteiger charge is -2.28. The second-order valence-corrected chi connectivity index (χ2v) is 15.7. The molecule has 2 heteroatoms. The Morgan fingerprint density at radius 1 is 0.242 bits per heavy atom. The molecule has 1 aliphatic carbocycles. The molecular weight excluding hydrogens is 749 g/mol. The molecule has 0 saturated heterocycles. The molecule has 10 rings (SSSR count). The molecule has 9 aromatic carbocycles. The van der Waals surface area contributed by atoms with Gasteiger partial charge in [-0.15, -0.1) is 0 Å². The zero-order valence-corrected chi connectivity index (χ0v) is 34.6. The molecule has 0 atom stereocenters. The Hall–Kier alpha value is -7.94. The average Bonchev–Trinajstić information content (AvgIpc) is 3.36. The van der Waals surface area contributed by atoms with Gasteiger partial charge in [0, 0.05) is 34.1 Å². The van der Waals surface area contributed by atoms with Crippen LogP contribution < -0.4 is 9.80 Å². The molecule has 1 aliphatic rings. The lowest BCUT2D eigenvalue weighted by Crippen LogP contribution is -2.16. The molecule has 2 nitrogen and oxygen atoms in total. The molecule has 0 spiro atoms. The summed E-state index contributed by atoms with van der Waals surface area (Å²) in [7, 11) is 0.